The molecule has 2 aromatic rings. The van der Waals surface area contributed by atoms with E-state index < -0.39 is 18.0 Å². The van der Waals surface area contributed by atoms with Crippen LogP contribution in [0.3, 0.4) is 0 Å². The van der Waals surface area contributed by atoms with Crippen molar-refractivity contribution in [3.05, 3.63) is 59.7 Å². The molecular formula is C23H25NO5. The fraction of sp³-hybridized carbons (Fsp3) is 0.304. The summed E-state index contributed by atoms with van der Waals surface area (Å²) < 4.78 is 16.7. The molecule has 3 rings (SSSR count). The second-order valence-electron chi connectivity index (χ2n) is 6.83. The number of esters is 1. The number of anilines is 1. The van der Waals surface area contributed by atoms with E-state index in [-0.39, 0.29) is 6.10 Å². The van der Waals surface area contributed by atoms with Crippen LogP contribution < -0.4 is 14.8 Å². The van der Waals surface area contributed by atoms with Gasteiger partial charge in [0.2, 0.25) is 0 Å². The van der Waals surface area contributed by atoms with E-state index in [9.17, 15) is 9.59 Å². The molecule has 2 atom stereocenters. The van der Waals surface area contributed by atoms with Gasteiger partial charge in [-0.2, -0.15) is 0 Å². The second-order valence-corrected chi connectivity index (χ2v) is 6.83. The van der Waals surface area contributed by atoms with Gasteiger partial charge < -0.3 is 19.5 Å². The Morgan fingerprint density at radius 2 is 2.03 bits per heavy atom. The molecule has 1 N–H and O–H groups in total. The van der Waals surface area contributed by atoms with E-state index in [1.807, 2.05) is 44.2 Å². The zero-order chi connectivity index (χ0) is 20.8. The topological polar surface area (TPSA) is 73.9 Å². The lowest BCUT2D eigenvalue weighted by atomic mass is 10.1. The summed E-state index contributed by atoms with van der Waals surface area (Å²) in [5.74, 6) is 0.471. The van der Waals surface area contributed by atoms with Gasteiger partial charge in [-0.1, -0.05) is 18.2 Å². The maximum atomic E-state index is 12.2. The molecule has 0 saturated heterocycles. The van der Waals surface area contributed by atoms with E-state index in [1.165, 1.54) is 13.0 Å². The number of carbonyl (C=O) groups excluding carboxylic acids is 2. The van der Waals surface area contributed by atoms with Crippen molar-refractivity contribution in [3.8, 4) is 11.5 Å². The summed E-state index contributed by atoms with van der Waals surface area (Å²) in [7, 11) is 0. The summed E-state index contributed by atoms with van der Waals surface area (Å²) in [5.41, 5.74) is 2.45. The molecule has 0 spiro atoms. The lowest BCUT2D eigenvalue weighted by molar-refractivity contribution is -0.148. The van der Waals surface area contributed by atoms with Crippen molar-refractivity contribution < 1.29 is 23.8 Å². The number of amides is 1. The summed E-state index contributed by atoms with van der Waals surface area (Å²) in [4.78, 5) is 24.3. The van der Waals surface area contributed by atoms with Crippen LogP contribution in [0.2, 0.25) is 0 Å². The van der Waals surface area contributed by atoms with Crippen LogP contribution in [0.25, 0.3) is 6.08 Å². The number of carbonyl (C=O) groups is 2. The molecular weight excluding hydrogens is 370 g/mol. The van der Waals surface area contributed by atoms with E-state index in [1.54, 1.807) is 18.2 Å². The first kappa shape index (κ1) is 20.5. The SMILES string of the molecule is CCOc1cc2c(cc1/C=C/C(=O)O[C@H](C)C(=O)Nc1ccccc1)O[C@H](C)C2. The first-order valence-corrected chi connectivity index (χ1v) is 9.67. The number of para-hydroxylation sites is 1. The number of fused-ring (bicyclic) bond motifs is 1. The molecule has 1 amide bonds. The van der Waals surface area contributed by atoms with Gasteiger partial charge in [-0.05, 0) is 51.1 Å². The molecule has 0 unspecified atom stereocenters. The maximum absolute atomic E-state index is 12.2. The Balaban J connectivity index is 1.64. The molecule has 6 nitrogen and oxygen atoms in total. The van der Waals surface area contributed by atoms with Gasteiger partial charge in [0.15, 0.2) is 6.10 Å². The first-order chi connectivity index (χ1) is 14.0. The zero-order valence-corrected chi connectivity index (χ0v) is 16.8. The summed E-state index contributed by atoms with van der Waals surface area (Å²) in [6.45, 7) is 5.95. The molecule has 0 bridgehead atoms. The molecule has 0 saturated carbocycles. The van der Waals surface area contributed by atoms with Crippen LogP contribution in [0.4, 0.5) is 5.69 Å². The zero-order valence-electron chi connectivity index (χ0n) is 16.8. The molecule has 2 aromatic carbocycles. The van der Waals surface area contributed by atoms with Gasteiger partial charge in [-0.3, -0.25) is 4.79 Å². The molecule has 6 heteroatoms. The summed E-state index contributed by atoms with van der Waals surface area (Å²) in [6.07, 6.45) is 2.92. The average Bonchev–Trinajstić information content (AvgIpc) is 3.06. The Kier molecular flexibility index (Phi) is 6.54. The van der Waals surface area contributed by atoms with Crippen molar-refractivity contribution in [2.45, 2.75) is 39.4 Å². The second kappa shape index (κ2) is 9.28. The number of hydrogen-bond donors (Lipinski definition) is 1. The van der Waals surface area contributed by atoms with E-state index in [0.717, 1.165) is 23.3 Å². The van der Waals surface area contributed by atoms with E-state index in [2.05, 4.69) is 5.32 Å². The molecule has 1 heterocycles. The third-order valence-electron chi connectivity index (χ3n) is 4.43. The molecule has 0 aliphatic carbocycles. The van der Waals surface area contributed by atoms with Crippen LogP contribution in [-0.4, -0.2) is 30.7 Å². The van der Waals surface area contributed by atoms with Crippen LogP contribution in [0, 0.1) is 0 Å². The molecule has 152 valence electrons. The van der Waals surface area contributed by atoms with Crippen LogP contribution in [0.5, 0.6) is 11.5 Å². The Morgan fingerprint density at radius 1 is 1.28 bits per heavy atom. The Labute approximate surface area is 170 Å². The van der Waals surface area contributed by atoms with Gasteiger partial charge in [0.25, 0.3) is 5.91 Å². The number of ether oxygens (including phenoxy) is 3. The lowest BCUT2D eigenvalue weighted by Gasteiger charge is -2.12. The largest absolute Gasteiger partial charge is 0.493 e. The highest BCUT2D eigenvalue weighted by molar-refractivity contribution is 5.96. The predicted molar refractivity (Wildman–Crippen MR) is 111 cm³/mol. The molecule has 0 aromatic heterocycles. The van der Waals surface area contributed by atoms with Gasteiger partial charge in [0, 0.05) is 29.3 Å². The minimum atomic E-state index is -0.928. The van der Waals surface area contributed by atoms with Gasteiger partial charge in [0.1, 0.15) is 17.6 Å². The highest BCUT2D eigenvalue weighted by atomic mass is 16.5. The number of hydrogen-bond acceptors (Lipinski definition) is 5. The van der Waals surface area contributed by atoms with E-state index in [0.29, 0.717) is 18.0 Å². The summed E-state index contributed by atoms with van der Waals surface area (Å²) in [5, 5.41) is 2.70. The quantitative estimate of drug-likeness (QED) is 0.567. The minimum Gasteiger partial charge on any atom is -0.493 e. The van der Waals surface area contributed by atoms with Gasteiger partial charge >= 0.3 is 5.97 Å². The third-order valence-corrected chi connectivity index (χ3v) is 4.43. The predicted octanol–water partition coefficient (Wildman–Crippen LogP) is 3.99. The van der Waals surface area contributed by atoms with Gasteiger partial charge in [-0.15, -0.1) is 0 Å². The van der Waals surface area contributed by atoms with Crippen LogP contribution in [-0.2, 0) is 20.7 Å². The van der Waals surface area contributed by atoms with Crippen molar-refractivity contribution in [1.82, 2.24) is 0 Å². The van der Waals surface area contributed by atoms with Crippen LogP contribution >= 0.6 is 0 Å². The molecule has 0 radical (unpaired) electrons. The molecule has 1 aliphatic heterocycles. The molecule has 29 heavy (non-hydrogen) atoms. The normalized spacial score (nSPS) is 16.0. The smallest absolute Gasteiger partial charge is 0.331 e. The fourth-order valence-corrected chi connectivity index (χ4v) is 3.06. The number of benzene rings is 2. The van der Waals surface area contributed by atoms with Crippen molar-refractivity contribution in [2.75, 3.05) is 11.9 Å². The fourth-order valence-electron chi connectivity index (χ4n) is 3.06. The van der Waals surface area contributed by atoms with Crippen molar-refractivity contribution in [1.29, 1.82) is 0 Å². The molecule has 0 fully saturated rings. The molecule has 1 aliphatic rings. The van der Waals surface area contributed by atoms with Crippen molar-refractivity contribution in [3.63, 3.8) is 0 Å². The summed E-state index contributed by atoms with van der Waals surface area (Å²) in [6, 6.07) is 12.8. The maximum Gasteiger partial charge on any atom is 0.331 e. The first-order valence-electron chi connectivity index (χ1n) is 9.67. The van der Waals surface area contributed by atoms with Gasteiger partial charge in [-0.25, -0.2) is 4.79 Å². The number of rotatable bonds is 7. The third kappa shape index (κ3) is 5.38. The van der Waals surface area contributed by atoms with Crippen molar-refractivity contribution in [2.24, 2.45) is 0 Å². The van der Waals surface area contributed by atoms with E-state index in [4.69, 9.17) is 14.2 Å². The standard InChI is InChI=1S/C23H25NO5/c1-4-27-20-14-18-12-15(2)28-21(18)13-17(20)10-11-22(25)29-16(3)23(26)24-19-8-6-5-7-9-19/h5-11,13-16H,4,12H2,1-3H3,(H,24,26)/b11-10+/t15-,16-/m1/s1. The van der Waals surface area contributed by atoms with Crippen molar-refractivity contribution >= 4 is 23.6 Å². The van der Waals surface area contributed by atoms with Gasteiger partial charge in [0.05, 0.1) is 6.61 Å². The Hall–Kier alpha value is -3.28. The Bertz CT molecular complexity index is 907. The number of nitrogens with one attached hydrogen (secondary N) is 1. The summed E-state index contributed by atoms with van der Waals surface area (Å²) >= 11 is 0. The highest BCUT2D eigenvalue weighted by Gasteiger charge is 2.21. The minimum absolute atomic E-state index is 0.118. The Morgan fingerprint density at radius 3 is 2.76 bits per heavy atom. The highest BCUT2D eigenvalue weighted by Crippen LogP contribution is 2.35. The van der Waals surface area contributed by atoms with Crippen LogP contribution in [0.1, 0.15) is 31.9 Å². The van der Waals surface area contributed by atoms with E-state index >= 15 is 0 Å². The monoisotopic (exact) mass is 395 g/mol. The lowest BCUT2D eigenvalue weighted by Crippen LogP contribution is -2.29. The van der Waals surface area contributed by atoms with Crippen LogP contribution in [0.15, 0.2) is 48.5 Å². The average molecular weight is 395 g/mol.